The minimum absolute atomic E-state index is 0.0587. The number of pyridine rings is 1. The van der Waals surface area contributed by atoms with Gasteiger partial charge in [-0.1, -0.05) is 18.2 Å². The molecule has 2 atom stereocenters. The molecule has 4 nitrogen and oxygen atoms in total. The van der Waals surface area contributed by atoms with Crippen LogP contribution in [0.1, 0.15) is 45.9 Å². The molecule has 1 aliphatic rings. The van der Waals surface area contributed by atoms with E-state index in [1.165, 1.54) is 18.2 Å². The lowest BCUT2D eigenvalue weighted by Crippen LogP contribution is -2.29. The topological polar surface area (TPSA) is 33.1 Å². The Bertz CT molecular complexity index is 1480. The first kappa shape index (κ1) is 25.0. The van der Waals surface area contributed by atoms with Gasteiger partial charge in [0.15, 0.2) is 5.11 Å². The van der Waals surface area contributed by atoms with E-state index < -0.39 is 17.8 Å². The second-order valence-corrected chi connectivity index (χ2v) is 9.49. The number of aryl methyl sites for hydroxylation is 2. The molecule has 0 amide bonds. The second-order valence-electron chi connectivity index (χ2n) is 9.11. The number of rotatable bonds is 4. The van der Waals surface area contributed by atoms with Crippen molar-refractivity contribution in [1.82, 2.24) is 14.9 Å². The molecule has 1 saturated heterocycles. The Balaban J connectivity index is 1.71. The number of thiocarbonyl (C=S) groups is 1. The number of anilines is 1. The van der Waals surface area contributed by atoms with E-state index in [-0.39, 0.29) is 17.5 Å². The van der Waals surface area contributed by atoms with E-state index in [9.17, 15) is 17.6 Å². The number of para-hydroxylation sites is 1. The lowest BCUT2D eigenvalue weighted by Gasteiger charge is -2.28. The SMILES string of the molecule is Cc1cc(N2C(=S)N[C@@H](c3ccccn3)[C@@H]2c2cc(C)n(-c3ccccc3C(F)(F)F)c2C)ccc1F. The number of hydrogen-bond acceptors (Lipinski definition) is 2. The first-order valence-electron chi connectivity index (χ1n) is 11.7. The molecule has 1 fully saturated rings. The van der Waals surface area contributed by atoms with Crippen LogP contribution in [-0.2, 0) is 6.18 Å². The van der Waals surface area contributed by atoms with Crippen LogP contribution in [0.5, 0.6) is 0 Å². The highest BCUT2D eigenvalue weighted by Crippen LogP contribution is 2.44. The summed E-state index contributed by atoms with van der Waals surface area (Å²) in [6.07, 6.45) is -2.82. The largest absolute Gasteiger partial charge is 0.418 e. The van der Waals surface area contributed by atoms with Crippen molar-refractivity contribution < 1.29 is 17.6 Å². The molecule has 2 aromatic carbocycles. The van der Waals surface area contributed by atoms with E-state index in [2.05, 4.69) is 10.3 Å². The van der Waals surface area contributed by atoms with Crippen molar-refractivity contribution in [3.8, 4) is 5.69 Å². The number of nitrogens with one attached hydrogen (secondary N) is 1. The summed E-state index contributed by atoms with van der Waals surface area (Å²) in [5.41, 5.74) is 3.31. The van der Waals surface area contributed by atoms with Gasteiger partial charge in [-0.25, -0.2) is 4.39 Å². The van der Waals surface area contributed by atoms with Gasteiger partial charge in [0, 0.05) is 23.3 Å². The minimum Gasteiger partial charge on any atom is -0.351 e. The van der Waals surface area contributed by atoms with Crippen LogP contribution in [0.25, 0.3) is 5.69 Å². The Hall–Kier alpha value is -3.72. The van der Waals surface area contributed by atoms with Crippen LogP contribution in [0.2, 0.25) is 0 Å². The van der Waals surface area contributed by atoms with Crippen molar-refractivity contribution in [2.75, 3.05) is 4.90 Å². The van der Waals surface area contributed by atoms with Crippen LogP contribution in [0, 0.1) is 26.6 Å². The molecule has 9 heteroatoms. The number of benzene rings is 2. The summed E-state index contributed by atoms with van der Waals surface area (Å²) in [4.78, 5) is 6.42. The minimum atomic E-state index is -4.51. The Morgan fingerprint density at radius 3 is 2.35 bits per heavy atom. The van der Waals surface area contributed by atoms with Crippen LogP contribution in [0.4, 0.5) is 23.2 Å². The molecule has 0 spiro atoms. The number of aromatic nitrogens is 2. The molecule has 0 aliphatic carbocycles. The number of alkyl halides is 3. The molecule has 37 heavy (non-hydrogen) atoms. The Kier molecular flexibility index (Phi) is 6.27. The van der Waals surface area contributed by atoms with E-state index in [1.54, 1.807) is 49.7 Å². The molecule has 2 aromatic heterocycles. The maximum Gasteiger partial charge on any atom is 0.418 e. The first-order chi connectivity index (χ1) is 17.6. The molecule has 0 unspecified atom stereocenters. The zero-order chi connectivity index (χ0) is 26.5. The summed E-state index contributed by atoms with van der Waals surface area (Å²) in [5.74, 6) is -0.332. The molecule has 0 bridgehead atoms. The zero-order valence-electron chi connectivity index (χ0n) is 20.3. The van der Waals surface area contributed by atoms with Gasteiger partial charge in [0.2, 0.25) is 0 Å². The zero-order valence-corrected chi connectivity index (χ0v) is 21.2. The fourth-order valence-corrected chi connectivity index (χ4v) is 5.44. The Morgan fingerprint density at radius 1 is 0.946 bits per heavy atom. The summed E-state index contributed by atoms with van der Waals surface area (Å²) >= 11 is 5.74. The third-order valence-corrected chi connectivity index (χ3v) is 7.07. The molecule has 1 N–H and O–H groups in total. The van der Waals surface area contributed by atoms with Gasteiger partial charge in [-0.3, -0.25) is 4.98 Å². The highest BCUT2D eigenvalue weighted by Gasteiger charge is 2.43. The first-order valence-corrected chi connectivity index (χ1v) is 12.1. The third kappa shape index (κ3) is 4.37. The number of nitrogens with zero attached hydrogens (tertiary/aromatic N) is 3. The number of halogens is 4. The quantitative estimate of drug-likeness (QED) is 0.227. The van der Waals surface area contributed by atoms with Crippen LogP contribution in [0.3, 0.4) is 0 Å². The molecule has 0 saturated carbocycles. The normalized spacial score (nSPS) is 17.8. The average Bonchev–Trinajstić information content (AvgIpc) is 3.36. The van der Waals surface area contributed by atoms with Crippen molar-refractivity contribution in [1.29, 1.82) is 0 Å². The molecule has 190 valence electrons. The van der Waals surface area contributed by atoms with Crippen LogP contribution in [-0.4, -0.2) is 14.7 Å². The Morgan fingerprint density at radius 2 is 1.68 bits per heavy atom. The predicted octanol–water partition coefficient (Wildman–Crippen LogP) is 7.13. The van der Waals surface area contributed by atoms with E-state index in [1.807, 2.05) is 29.2 Å². The predicted molar refractivity (Wildman–Crippen MR) is 139 cm³/mol. The number of hydrogen-bond donors (Lipinski definition) is 1. The second kappa shape index (κ2) is 9.30. The van der Waals surface area contributed by atoms with E-state index in [4.69, 9.17) is 12.2 Å². The van der Waals surface area contributed by atoms with E-state index >= 15 is 0 Å². The van der Waals surface area contributed by atoms with Gasteiger partial charge >= 0.3 is 6.18 Å². The van der Waals surface area contributed by atoms with Crippen LogP contribution in [0.15, 0.2) is 72.9 Å². The molecular weight excluding hydrogens is 500 g/mol. The summed E-state index contributed by atoms with van der Waals surface area (Å²) in [7, 11) is 0. The van der Waals surface area contributed by atoms with E-state index in [0.717, 1.165) is 17.3 Å². The monoisotopic (exact) mass is 524 g/mol. The van der Waals surface area contributed by atoms with Gasteiger partial charge < -0.3 is 14.8 Å². The average molecular weight is 525 g/mol. The summed E-state index contributed by atoms with van der Waals surface area (Å²) in [5, 5.41) is 3.77. The van der Waals surface area contributed by atoms with Crippen molar-refractivity contribution in [2.24, 2.45) is 0 Å². The molecule has 1 aliphatic heterocycles. The lowest BCUT2D eigenvalue weighted by molar-refractivity contribution is -0.137. The summed E-state index contributed by atoms with van der Waals surface area (Å²) in [6, 6.07) is 16.9. The summed E-state index contributed by atoms with van der Waals surface area (Å²) < 4.78 is 57.5. The maximum atomic E-state index is 14.1. The van der Waals surface area contributed by atoms with Crippen LogP contribution >= 0.6 is 12.2 Å². The van der Waals surface area contributed by atoms with Crippen molar-refractivity contribution in [3.63, 3.8) is 0 Å². The van der Waals surface area contributed by atoms with E-state index in [0.29, 0.717) is 27.8 Å². The smallest absolute Gasteiger partial charge is 0.351 e. The maximum absolute atomic E-state index is 14.1. The van der Waals surface area contributed by atoms with Gasteiger partial charge in [0.05, 0.1) is 29.0 Å². The fourth-order valence-electron chi connectivity index (χ4n) is 5.09. The highest BCUT2D eigenvalue weighted by molar-refractivity contribution is 7.80. The van der Waals surface area contributed by atoms with Gasteiger partial charge in [-0.15, -0.1) is 0 Å². The van der Waals surface area contributed by atoms with Gasteiger partial charge in [-0.05, 0) is 92.6 Å². The third-order valence-electron chi connectivity index (χ3n) is 6.76. The van der Waals surface area contributed by atoms with Gasteiger partial charge in [0.25, 0.3) is 0 Å². The molecule has 5 rings (SSSR count). The van der Waals surface area contributed by atoms with Crippen LogP contribution < -0.4 is 10.2 Å². The Labute approximate surface area is 217 Å². The van der Waals surface area contributed by atoms with Gasteiger partial charge in [0.1, 0.15) is 5.82 Å². The molecule has 4 aromatic rings. The molecule has 0 radical (unpaired) electrons. The highest BCUT2D eigenvalue weighted by atomic mass is 32.1. The fraction of sp³-hybridized carbons (Fsp3) is 0.214. The lowest BCUT2D eigenvalue weighted by atomic mass is 9.96. The molecule has 3 heterocycles. The van der Waals surface area contributed by atoms with Crippen molar-refractivity contribution in [3.05, 3.63) is 113 Å². The standard InChI is InChI=1S/C28H24F4N4S/c1-16-14-19(11-12-22(16)29)36-26(25(34-27(36)37)23-9-6-7-13-33-23)20-15-17(2)35(18(20)3)24-10-5-4-8-21(24)28(30,31)32/h4-15,25-26H,1-3H3,(H,34,37)/t25-,26-/m0/s1. The van der Waals surface area contributed by atoms with Crippen molar-refractivity contribution >= 4 is 23.0 Å². The summed E-state index contributed by atoms with van der Waals surface area (Å²) in [6.45, 7) is 5.27. The van der Waals surface area contributed by atoms with Crippen molar-refractivity contribution in [2.45, 2.75) is 39.0 Å². The van der Waals surface area contributed by atoms with Gasteiger partial charge in [-0.2, -0.15) is 13.2 Å². The molecular formula is C28H24F4N4S.